The minimum absolute atomic E-state index is 0.0174. The van der Waals surface area contributed by atoms with Gasteiger partial charge in [-0.3, -0.25) is 10.2 Å². The van der Waals surface area contributed by atoms with Crippen LogP contribution in [0.15, 0.2) is 24.3 Å². The molecule has 0 unspecified atom stereocenters. The van der Waals surface area contributed by atoms with Gasteiger partial charge in [-0.2, -0.15) is 0 Å². The summed E-state index contributed by atoms with van der Waals surface area (Å²) in [5, 5.41) is 2.01. The van der Waals surface area contributed by atoms with Crippen LogP contribution in [0.25, 0.3) is 0 Å². The quantitative estimate of drug-likeness (QED) is 0.843. The molecule has 0 spiro atoms. The molecule has 1 aliphatic rings. The molecular weight excluding hydrogens is 226 g/mol. The SMILES string of the molecule is NCCc1ccc(C(=O)NN2CCCCC2)cc1. The maximum absolute atomic E-state index is 12.0. The van der Waals surface area contributed by atoms with Gasteiger partial charge in [0.2, 0.25) is 0 Å². The van der Waals surface area contributed by atoms with Gasteiger partial charge in [0.25, 0.3) is 5.91 Å². The Labute approximate surface area is 108 Å². The van der Waals surface area contributed by atoms with Crippen molar-refractivity contribution in [1.82, 2.24) is 10.4 Å². The Morgan fingerprint density at radius 1 is 1.17 bits per heavy atom. The predicted molar refractivity (Wildman–Crippen MR) is 72.1 cm³/mol. The van der Waals surface area contributed by atoms with E-state index in [1.807, 2.05) is 29.3 Å². The van der Waals surface area contributed by atoms with E-state index >= 15 is 0 Å². The molecule has 1 saturated heterocycles. The Balaban J connectivity index is 1.91. The molecule has 1 fully saturated rings. The van der Waals surface area contributed by atoms with E-state index in [2.05, 4.69) is 5.43 Å². The Bertz CT molecular complexity index is 383. The molecule has 1 heterocycles. The Morgan fingerprint density at radius 2 is 1.83 bits per heavy atom. The highest BCUT2D eigenvalue weighted by molar-refractivity contribution is 5.93. The number of carbonyl (C=O) groups is 1. The topological polar surface area (TPSA) is 58.4 Å². The zero-order valence-corrected chi connectivity index (χ0v) is 10.7. The summed E-state index contributed by atoms with van der Waals surface area (Å²) in [4.78, 5) is 12.0. The predicted octanol–water partition coefficient (Wildman–Crippen LogP) is 1.32. The van der Waals surface area contributed by atoms with Crippen LogP contribution in [0.4, 0.5) is 0 Å². The molecule has 0 radical (unpaired) electrons. The number of nitrogens with zero attached hydrogens (tertiary/aromatic N) is 1. The van der Waals surface area contributed by atoms with Crippen LogP contribution in [0.1, 0.15) is 35.2 Å². The summed E-state index contributed by atoms with van der Waals surface area (Å²) >= 11 is 0. The smallest absolute Gasteiger partial charge is 0.265 e. The minimum atomic E-state index is -0.0174. The maximum Gasteiger partial charge on any atom is 0.265 e. The third-order valence-corrected chi connectivity index (χ3v) is 3.26. The molecule has 1 aliphatic heterocycles. The van der Waals surface area contributed by atoms with Gasteiger partial charge in [0.1, 0.15) is 0 Å². The molecule has 3 N–H and O–H groups in total. The maximum atomic E-state index is 12.0. The molecular formula is C14H21N3O. The van der Waals surface area contributed by atoms with Crippen molar-refractivity contribution >= 4 is 5.91 Å². The molecule has 0 bridgehead atoms. The van der Waals surface area contributed by atoms with Crippen LogP contribution in [-0.4, -0.2) is 30.6 Å². The molecule has 0 saturated carbocycles. The number of rotatable bonds is 4. The zero-order chi connectivity index (χ0) is 12.8. The lowest BCUT2D eigenvalue weighted by Gasteiger charge is -2.26. The first-order chi connectivity index (χ1) is 8.79. The van der Waals surface area contributed by atoms with Crippen molar-refractivity contribution in [3.05, 3.63) is 35.4 Å². The molecule has 0 aromatic heterocycles. The molecule has 98 valence electrons. The fraction of sp³-hybridized carbons (Fsp3) is 0.500. The van der Waals surface area contributed by atoms with Gasteiger partial charge in [-0.05, 0) is 43.5 Å². The monoisotopic (exact) mass is 247 g/mol. The molecule has 2 rings (SSSR count). The zero-order valence-electron chi connectivity index (χ0n) is 10.7. The van der Waals surface area contributed by atoms with Gasteiger partial charge >= 0.3 is 0 Å². The second kappa shape index (κ2) is 6.52. The molecule has 4 nitrogen and oxygen atoms in total. The number of nitrogens with two attached hydrogens (primary N) is 1. The van der Waals surface area contributed by atoms with E-state index in [-0.39, 0.29) is 5.91 Å². The van der Waals surface area contributed by atoms with Gasteiger partial charge in [0, 0.05) is 18.7 Å². The lowest BCUT2D eigenvalue weighted by atomic mass is 10.1. The highest BCUT2D eigenvalue weighted by Gasteiger charge is 2.13. The van der Waals surface area contributed by atoms with E-state index in [4.69, 9.17) is 5.73 Å². The molecule has 0 atom stereocenters. The van der Waals surface area contributed by atoms with Crippen molar-refractivity contribution in [2.75, 3.05) is 19.6 Å². The summed E-state index contributed by atoms with van der Waals surface area (Å²) in [5.74, 6) is -0.0174. The number of amides is 1. The van der Waals surface area contributed by atoms with Gasteiger partial charge in [-0.25, -0.2) is 5.01 Å². The van der Waals surface area contributed by atoms with Crippen LogP contribution >= 0.6 is 0 Å². The lowest BCUT2D eigenvalue weighted by molar-refractivity contribution is 0.0750. The number of benzene rings is 1. The summed E-state index contributed by atoms with van der Waals surface area (Å²) in [7, 11) is 0. The average Bonchev–Trinajstić information content (AvgIpc) is 2.41. The summed E-state index contributed by atoms with van der Waals surface area (Å²) in [6.45, 7) is 2.55. The van der Waals surface area contributed by atoms with Crippen LogP contribution in [0.3, 0.4) is 0 Å². The first-order valence-corrected chi connectivity index (χ1v) is 6.64. The first-order valence-electron chi connectivity index (χ1n) is 6.64. The van der Waals surface area contributed by atoms with E-state index in [1.54, 1.807) is 0 Å². The van der Waals surface area contributed by atoms with Gasteiger partial charge in [-0.1, -0.05) is 18.6 Å². The fourth-order valence-corrected chi connectivity index (χ4v) is 2.20. The van der Waals surface area contributed by atoms with Crippen LogP contribution in [0.5, 0.6) is 0 Å². The normalized spacial score (nSPS) is 16.5. The average molecular weight is 247 g/mol. The Morgan fingerprint density at radius 3 is 2.44 bits per heavy atom. The van der Waals surface area contributed by atoms with Crippen molar-refractivity contribution in [3.63, 3.8) is 0 Å². The van der Waals surface area contributed by atoms with E-state index in [0.29, 0.717) is 12.1 Å². The van der Waals surface area contributed by atoms with Crippen molar-refractivity contribution in [1.29, 1.82) is 0 Å². The molecule has 1 amide bonds. The third-order valence-electron chi connectivity index (χ3n) is 3.26. The number of hydrogen-bond acceptors (Lipinski definition) is 3. The minimum Gasteiger partial charge on any atom is -0.330 e. The van der Waals surface area contributed by atoms with Crippen molar-refractivity contribution in [2.24, 2.45) is 5.73 Å². The number of hydrogen-bond donors (Lipinski definition) is 2. The van der Waals surface area contributed by atoms with Crippen molar-refractivity contribution in [3.8, 4) is 0 Å². The highest BCUT2D eigenvalue weighted by atomic mass is 16.2. The second-order valence-corrected chi connectivity index (χ2v) is 4.72. The Kier molecular flexibility index (Phi) is 4.73. The first kappa shape index (κ1) is 13.1. The van der Waals surface area contributed by atoms with Crippen LogP contribution < -0.4 is 11.2 Å². The largest absolute Gasteiger partial charge is 0.330 e. The highest BCUT2D eigenvalue weighted by Crippen LogP contribution is 2.08. The van der Waals surface area contributed by atoms with Gasteiger partial charge in [0.15, 0.2) is 0 Å². The Hall–Kier alpha value is -1.39. The summed E-state index contributed by atoms with van der Waals surface area (Å²) < 4.78 is 0. The second-order valence-electron chi connectivity index (χ2n) is 4.72. The van der Waals surface area contributed by atoms with E-state index in [1.165, 1.54) is 12.0 Å². The van der Waals surface area contributed by atoms with Crippen molar-refractivity contribution in [2.45, 2.75) is 25.7 Å². The number of piperidine rings is 1. The van der Waals surface area contributed by atoms with Gasteiger partial charge < -0.3 is 5.73 Å². The fourth-order valence-electron chi connectivity index (χ4n) is 2.20. The standard InChI is InChI=1S/C14H21N3O/c15-9-8-12-4-6-13(7-5-12)14(18)16-17-10-2-1-3-11-17/h4-7H,1-3,8-11,15H2,(H,16,18). The van der Waals surface area contributed by atoms with Crippen LogP contribution in [-0.2, 0) is 6.42 Å². The summed E-state index contributed by atoms with van der Waals surface area (Å²) in [6.07, 6.45) is 4.44. The van der Waals surface area contributed by atoms with Gasteiger partial charge in [0.05, 0.1) is 0 Å². The molecule has 4 heteroatoms. The van der Waals surface area contributed by atoms with E-state index in [0.717, 1.165) is 32.4 Å². The summed E-state index contributed by atoms with van der Waals surface area (Å²) in [6, 6.07) is 7.67. The number of carbonyl (C=O) groups excluding carboxylic acids is 1. The lowest BCUT2D eigenvalue weighted by Crippen LogP contribution is -2.45. The van der Waals surface area contributed by atoms with E-state index in [9.17, 15) is 4.79 Å². The number of nitrogens with one attached hydrogen (secondary N) is 1. The molecule has 1 aromatic carbocycles. The van der Waals surface area contributed by atoms with Crippen LogP contribution in [0, 0.1) is 0 Å². The number of hydrazine groups is 1. The van der Waals surface area contributed by atoms with E-state index < -0.39 is 0 Å². The van der Waals surface area contributed by atoms with Gasteiger partial charge in [-0.15, -0.1) is 0 Å². The van der Waals surface area contributed by atoms with Crippen molar-refractivity contribution < 1.29 is 4.79 Å². The van der Waals surface area contributed by atoms with Crippen LogP contribution in [0.2, 0.25) is 0 Å². The summed E-state index contributed by atoms with van der Waals surface area (Å²) in [5.41, 5.74) is 10.3. The molecule has 18 heavy (non-hydrogen) atoms. The third kappa shape index (κ3) is 3.55. The molecule has 1 aromatic rings. The molecule has 0 aliphatic carbocycles.